The maximum atomic E-state index is 12.1. The summed E-state index contributed by atoms with van der Waals surface area (Å²) >= 11 is 0. The molecule has 0 aliphatic heterocycles. The number of aromatic nitrogens is 1. The molecule has 1 aromatic heterocycles. The highest BCUT2D eigenvalue weighted by molar-refractivity contribution is 7.89. The van der Waals surface area contributed by atoms with Gasteiger partial charge in [-0.3, -0.25) is 0 Å². The lowest BCUT2D eigenvalue weighted by Crippen LogP contribution is -2.26. The zero-order valence-corrected chi connectivity index (χ0v) is 14.3. The van der Waals surface area contributed by atoms with Gasteiger partial charge in [-0.25, -0.2) is 13.1 Å². The number of aryl methyl sites for hydroxylation is 2. The van der Waals surface area contributed by atoms with Crippen molar-refractivity contribution in [1.29, 1.82) is 0 Å². The summed E-state index contributed by atoms with van der Waals surface area (Å²) in [6.45, 7) is 4.39. The molecule has 5 heteroatoms. The van der Waals surface area contributed by atoms with Crippen molar-refractivity contribution >= 4 is 10.0 Å². The summed E-state index contributed by atoms with van der Waals surface area (Å²) < 4.78 is 28.9. The smallest absolute Gasteiger partial charge is 0.211 e. The van der Waals surface area contributed by atoms with E-state index in [0.717, 1.165) is 23.4 Å². The van der Waals surface area contributed by atoms with Crippen LogP contribution in [-0.2, 0) is 30.0 Å². The number of sulfonamides is 1. The molecule has 0 atom stereocenters. The van der Waals surface area contributed by atoms with Gasteiger partial charge < -0.3 is 4.57 Å². The molecule has 0 unspecified atom stereocenters. The minimum absolute atomic E-state index is 0.159. The van der Waals surface area contributed by atoms with Crippen LogP contribution in [0.25, 0.3) is 0 Å². The Hall–Kier alpha value is -1.59. The average Bonchev–Trinajstić information content (AvgIpc) is 2.73. The Morgan fingerprint density at radius 2 is 1.82 bits per heavy atom. The Morgan fingerprint density at radius 1 is 1.14 bits per heavy atom. The number of benzene rings is 1. The van der Waals surface area contributed by atoms with Crippen LogP contribution < -0.4 is 4.72 Å². The largest absolute Gasteiger partial charge is 0.352 e. The summed E-state index contributed by atoms with van der Waals surface area (Å²) in [7, 11) is -1.24. The second kappa shape index (κ2) is 7.11. The summed E-state index contributed by atoms with van der Waals surface area (Å²) in [4.78, 5) is 0. The van der Waals surface area contributed by atoms with Gasteiger partial charge in [0.25, 0.3) is 0 Å². The second-order valence-electron chi connectivity index (χ2n) is 5.68. The lowest BCUT2D eigenvalue weighted by atomic mass is 10.1. The summed E-state index contributed by atoms with van der Waals surface area (Å²) in [6.07, 6.45) is 1.41. The first-order valence-corrected chi connectivity index (χ1v) is 9.17. The van der Waals surface area contributed by atoms with E-state index in [-0.39, 0.29) is 5.75 Å². The van der Waals surface area contributed by atoms with Crippen molar-refractivity contribution in [2.75, 3.05) is 5.75 Å². The van der Waals surface area contributed by atoms with Crippen LogP contribution in [0, 0.1) is 13.8 Å². The highest BCUT2D eigenvalue weighted by Crippen LogP contribution is 2.13. The Balaban J connectivity index is 1.85. The zero-order chi connectivity index (χ0) is 16.2. The van der Waals surface area contributed by atoms with Crippen LogP contribution in [-0.4, -0.2) is 18.7 Å². The van der Waals surface area contributed by atoms with Crippen LogP contribution in [0.15, 0.2) is 36.4 Å². The monoisotopic (exact) mass is 320 g/mol. The first-order chi connectivity index (χ1) is 10.4. The van der Waals surface area contributed by atoms with Crippen LogP contribution in [0.4, 0.5) is 0 Å². The van der Waals surface area contributed by atoms with Crippen molar-refractivity contribution in [3.8, 4) is 0 Å². The zero-order valence-electron chi connectivity index (χ0n) is 13.5. The van der Waals surface area contributed by atoms with Crippen molar-refractivity contribution in [2.24, 2.45) is 7.05 Å². The Kier molecular flexibility index (Phi) is 5.42. The first kappa shape index (κ1) is 16.8. The molecule has 2 aromatic rings. The standard InChI is InChI=1S/C17H24N2O2S/c1-14-12-17(15(2)19(14)3)13-18-22(20,21)11-7-10-16-8-5-4-6-9-16/h4-6,8-9,12,18H,7,10-11,13H2,1-3H3. The molecule has 0 fully saturated rings. The quantitative estimate of drug-likeness (QED) is 0.853. The van der Waals surface area contributed by atoms with Gasteiger partial charge in [0.05, 0.1) is 5.75 Å². The van der Waals surface area contributed by atoms with Gasteiger partial charge in [-0.1, -0.05) is 30.3 Å². The van der Waals surface area contributed by atoms with Gasteiger partial charge in [0, 0.05) is 25.0 Å². The predicted molar refractivity (Wildman–Crippen MR) is 90.3 cm³/mol. The molecule has 0 aliphatic rings. The third-order valence-corrected chi connectivity index (χ3v) is 5.49. The van der Waals surface area contributed by atoms with E-state index < -0.39 is 10.0 Å². The molecule has 0 saturated carbocycles. The summed E-state index contributed by atoms with van der Waals surface area (Å²) in [6, 6.07) is 12.0. The molecule has 1 aromatic carbocycles. The second-order valence-corrected chi connectivity index (χ2v) is 7.61. The van der Waals surface area contributed by atoms with Crippen LogP contribution in [0.5, 0.6) is 0 Å². The number of hydrogen-bond donors (Lipinski definition) is 1. The highest BCUT2D eigenvalue weighted by atomic mass is 32.2. The maximum absolute atomic E-state index is 12.1. The van der Waals surface area contributed by atoms with Crippen molar-refractivity contribution in [1.82, 2.24) is 9.29 Å². The van der Waals surface area contributed by atoms with Gasteiger partial charge in [-0.2, -0.15) is 0 Å². The van der Waals surface area contributed by atoms with Gasteiger partial charge in [-0.05, 0) is 43.9 Å². The van der Waals surface area contributed by atoms with E-state index in [2.05, 4.69) is 9.29 Å². The van der Waals surface area contributed by atoms with Crippen LogP contribution in [0.3, 0.4) is 0 Å². The fraction of sp³-hybridized carbons (Fsp3) is 0.412. The predicted octanol–water partition coefficient (Wildman–Crippen LogP) is 2.69. The SMILES string of the molecule is Cc1cc(CNS(=O)(=O)CCCc2ccccc2)c(C)n1C. The molecule has 2 rings (SSSR count). The van der Waals surface area contributed by atoms with E-state index in [1.807, 2.05) is 57.3 Å². The van der Waals surface area contributed by atoms with Gasteiger partial charge in [0.2, 0.25) is 10.0 Å². The fourth-order valence-corrected chi connectivity index (χ4v) is 3.53. The highest BCUT2D eigenvalue weighted by Gasteiger charge is 2.12. The van der Waals surface area contributed by atoms with E-state index in [1.165, 1.54) is 5.56 Å². The Bertz CT molecular complexity index is 719. The minimum Gasteiger partial charge on any atom is -0.352 e. The molecule has 0 radical (unpaired) electrons. The Morgan fingerprint density at radius 3 is 2.41 bits per heavy atom. The van der Waals surface area contributed by atoms with Gasteiger partial charge in [-0.15, -0.1) is 0 Å². The van der Waals surface area contributed by atoms with Gasteiger partial charge >= 0.3 is 0 Å². The summed E-state index contributed by atoms with van der Waals surface area (Å²) in [5.74, 6) is 0.159. The molecule has 120 valence electrons. The molecule has 1 heterocycles. The number of rotatable bonds is 7. The molecule has 0 bridgehead atoms. The van der Waals surface area contributed by atoms with Gasteiger partial charge in [0.1, 0.15) is 0 Å². The molecule has 0 amide bonds. The number of nitrogens with one attached hydrogen (secondary N) is 1. The van der Waals surface area contributed by atoms with E-state index in [4.69, 9.17) is 0 Å². The number of hydrogen-bond acceptors (Lipinski definition) is 2. The molecule has 0 saturated heterocycles. The molecule has 1 N–H and O–H groups in total. The average molecular weight is 320 g/mol. The third kappa shape index (κ3) is 4.45. The molecular weight excluding hydrogens is 296 g/mol. The molecule has 22 heavy (non-hydrogen) atoms. The van der Waals surface area contributed by atoms with Gasteiger partial charge in [0.15, 0.2) is 0 Å². The normalized spacial score (nSPS) is 11.8. The number of nitrogens with zero attached hydrogens (tertiary/aromatic N) is 1. The van der Waals surface area contributed by atoms with Crippen molar-refractivity contribution in [3.05, 3.63) is 58.9 Å². The third-order valence-electron chi connectivity index (χ3n) is 4.08. The van der Waals surface area contributed by atoms with E-state index in [0.29, 0.717) is 13.0 Å². The molecular formula is C17H24N2O2S. The first-order valence-electron chi connectivity index (χ1n) is 7.52. The van der Waals surface area contributed by atoms with E-state index >= 15 is 0 Å². The van der Waals surface area contributed by atoms with Crippen molar-refractivity contribution in [2.45, 2.75) is 33.2 Å². The molecule has 4 nitrogen and oxygen atoms in total. The van der Waals surface area contributed by atoms with Crippen molar-refractivity contribution < 1.29 is 8.42 Å². The Labute approximate surface area is 133 Å². The summed E-state index contributed by atoms with van der Waals surface area (Å²) in [5.41, 5.74) is 4.44. The maximum Gasteiger partial charge on any atom is 0.211 e. The lowest BCUT2D eigenvalue weighted by molar-refractivity contribution is 0.578. The van der Waals surface area contributed by atoms with Crippen LogP contribution in [0.2, 0.25) is 0 Å². The van der Waals surface area contributed by atoms with Crippen LogP contribution in [0.1, 0.15) is 28.9 Å². The lowest BCUT2D eigenvalue weighted by Gasteiger charge is -2.07. The van der Waals surface area contributed by atoms with E-state index in [9.17, 15) is 8.42 Å². The molecule has 0 aliphatic carbocycles. The van der Waals surface area contributed by atoms with Crippen LogP contribution >= 0.6 is 0 Å². The molecule has 0 spiro atoms. The van der Waals surface area contributed by atoms with E-state index in [1.54, 1.807) is 0 Å². The topological polar surface area (TPSA) is 51.1 Å². The summed E-state index contributed by atoms with van der Waals surface area (Å²) in [5, 5.41) is 0. The fourth-order valence-electron chi connectivity index (χ4n) is 2.48. The van der Waals surface area contributed by atoms with Crippen molar-refractivity contribution in [3.63, 3.8) is 0 Å². The minimum atomic E-state index is -3.23.